The molecule has 0 aliphatic rings. The van der Waals surface area contributed by atoms with Crippen molar-refractivity contribution in [2.24, 2.45) is 0 Å². The number of hydrogen-bond donors (Lipinski definition) is 2. The summed E-state index contributed by atoms with van der Waals surface area (Å²) in [6, 6.07) is 14.3. The highest BCUT2D eigenvalue weighted by atomic mass is 16.5. The summed E-state index contributed by atoms with van der Waals surface area (Å²) in [6.07, 6.45) is 3.00. The van der Waals surface area contributed by atoms with Gasteiger partial charge in [0.15, 0.2) is 0 Å². The molecule has 6 heteroatoms. The zero-order valence-electron chi connectivity index (χ0n) is 13.9. The van der Waals surface area contributed by atoms with Crippen LogP contribution in [0.3, 0.4) is 0 Å². The van der Waals surface area contributed by atoms with Gasteiger partial charge in [0.05, 0.1) is 12.7 Å². The second kappa shape index (κ2) is 9.12. The van der Waals surface area contributed by atoms with Crippen molar-refractivity contribution in [3.63, 3.8) is 0 Å². The van der Waals surface area contributed by atoms with Crippen LogP contribution in [0, 0.1) is 0 Å². The van der Waals surface area contributed by atoms with E-state index in [0.29, 0.717) is 17.8 Å². The topological polar surface area (TPSA) is 90.6 Å². The van der Waals surface area contributed by atoms with Gasteiger partial charge in [0.1, 0.15) is 6.61 Å². The average molecular weight is 340 g/mol. The van der Waals surface area contributed by atoms with E-state index in [1.54, 1.807) is 30.4 Å². The molecule has 6 nitrogen and oxygen atoms in total. The summed E-state index contributed by atoms with van der Waals surface area (Å²) in [6.45, 7) is 0.518. The van der Waals surface area contributed by atoms with Gasteiger partial charge < -0.3 is 20.5 Å². The fourth-order valence-electron chi connectivity index (χ4n) is 2.07. The van der Waals surface area contributed by atoms with Crippen molar-refractivity contribution in [2.45, 2.75) is 6.61 Å². The molecule has 0 unspecified atom stereocenters. The highest BCUT2D eigenvalue weighted by Gasteiger charge is 2.06. The standard InChI is InChI=1S/C19H20N2O4/c1-24-18(22)16-10-9-15(17(20)12-16)8-5-11-21-19(23)25-13-14-6-3-2-4-7-14/h2-10,12H,11,13,20H2,1H3,(H,21,23). The van der Waals surface area contributed by atoms with E-state index in [2.05, 4.69) is 10.1 Å². The molecule has 130 valence electrons. The molecule has 0 saturated heterocycles. The van der Waals surface area contributed by atoms with Gasteiger partial charge in [-0.2, -0.15) is 0 Å². The molecule has 0 aliphatic heterocycles. The maximum atomic E-state index is 11.6. The van der Waals surface area contributed by atoms with Gasteiger partial charge in [-0.1, -0.05) is 48.6 Å². The van der Waals surface area contributed by atoms with Gasteiger partial charge in [-0.3, -0.25) is 0 Å². The monoisotopic (exact) mass is 340 g/mol. The van der Waals surface area contributed by atoms with Gasteiger partial charge in [-0.15, -0.1) is 0 Å². The molecule has 0 atom stereocenters. The average Bonchev–Trinajstić information content (AvgIpc) is 2.64. The Bertz CT molecular complexity index is 757. The zero-order valence-corrected chi connectivity index (χ0v) is 13.9. The molecule has 0 spiro atoms. The Kier molecular flexibility index (Phi) is 6.59. The van der Waals surface area contributed by atoms with E-state index in [9.17, 15) is 9.59 Å². The largest absolute Gasteiger partial charge is 0.465 e. The molecule has 0 heterocycles. The number of alkyl carbamates (subject to hydrolysis) is 1. The smallest absolute Gasteiger partial charge is 0.407 e. The maximum absolute atomic E-state index is 11.6. The molecule has 0 fully saturated rings. The van der Waals surface area contributed by atoms with Gasteiger partial charge in [0.25, 0.3) is 0 Å². The molecule has 0 radical (unpaired) electrons. The Morgan fingerprint density at radius 2 is 1.92 bits per heavy atom. The molecule has 3 N–H and O–H groups in total. The van der Waals surface area contributed by atoms with Gasteiger partial charge in [-0.05, 0) is 23.3 Å². The van der Waals surface area contributed by atoms with E-state index >= 15 is 0 Å². The third-order valence-corrected chi connectivity index (χ3v) is 3.38. The Morgan fingerprint density at radius 3 is 2.60 bits per heavy atom. The van der Waals surface area contributed by atoms with E-state index in [4.69, 9.17) is 10.5 Å². The van der Waals surface area contributed by atoms with Crippen LogP contribution in [0.1, 0.15) is 21.5 Å². The molecular formula is C19H20N2O4. The first-order chi connectivity index (χ1) is 12.1. The van der Waals surface area contributed by atoms with Crippen molar-refractivity contribution in [3.05, 3.63) is 71.3 Å². The van der Waals surface area contributed by atoms with E-state index < -0.39 is 12.1 Å². The molecule has 0 saturated carbocycles. The number of rotatable bonds is 6. The lowest BCUT2D eigenvalue weighted by atomic mass is 10.1. The summed E-state index contributed by atoms with van der Waals surface area (Å²) in [4.78, 5) is 23.0. The summed E-state index contributed by atoms with van der Waals surface area (Å²) in [7, 11) is 1.31. The predicted molar refractivity (Wildman–Crippen MR) is 95.9 cm³/mol. The lowest BCUT2D eigenvalue weighted by molar-refractivity contribution is 0.0600. The summed E-state index contributed by atoms with van der Waals surface area (Å²) >= 11 is 0. The zero-order chi connectivity index (χ0) is 18.1. The van der Waals surface area contributed by atoms with E-state index in [1.807, 2.05) is 30.3 Å². The number of anilines is 1. The van der Waals surface area contributed by atoms with Gasteiger partial charge >= 0.3 is 12.1 Å². The van der Waals surface area contributed by atoms with Crippen molar-refractivity contribution in [1.29, 1.82) is 0 Å². The third-order valence-electron chi connectivity index (χ3n) is 3.38. The molecular weight excluding hydrogens is 320 g/mol. The normalized spacial score (nSPS) is 10.4. The van der Waals surface area contributed by atoms with Crippen LogP contribution in [0.4, 0.5) is 10.5 Å². The molecule has 0 bridgehead atoms. The lowest BCUT2D eigenvalue weighted by Gasteiger charge is -2.06. The molecule has 1 amide bonds. The molecule has 2 aromatic carbocycles. The van der Waals surface area contributed by atoms with Crippen molar-refractivity contribution in [1.82, 2.24) is 5.32 Å². The fraction of sp³-hybridized carbons (Fsp3) is 0.158. The minimum Gasteiger partial charge on any atom is -0.465 e. The van der Waals surface area contributed by atoms with Crippen LogP contribution >= 0.6 is 0 Å². The van der Waals surface area contributed by atoms with Crippen LogP contribution < -0.4 is 11.1 Å². The Morgan fingerprint density at radius 1 is 1.16 bits per heavy atom. The van der Waals surface area contributed by atoms with Gasteiger partial charge in [-0.25, -0.2) is 9.59 Å². The molecule has 0 aliphatic carbocycles. The number of esters is 1. The fourth-order valence-corrected chi connectivity index (χ4v) is 2.07. The van der Waals surface area contributed by atoms with E-state index in [0.717, 1.165) is 11.1 Å². The first-order valence-electron chi connectivity index (χ1n) is 7.69. The number of nitrogen functional groups attached to an aromatic ring is 1. The van der Waals surface area contributed by atoms with Gasteiger partial charge in [0, 0.05) is 12.2 Å². The number of methoxy groups -OCH3 is 1. The maximum Gasteiger partial charge on any atom is 0.407 e. The number of hydrogen-bond acceptors (Lipinski definition) is 5. The van der Waals surface area contributed by atoms with Crippen LogP contribution in [0.25, 0.3) is 6.08 Å². The molecule has 25 heavy (non-hydrogen) atoms. The molecule has 2 aromatic rings. The SMILES string of the molecule is COC(=O)c1ccc(C=CCNC(=O)OCc2ccccc2)c(N)c1. The van der Waals surface area contributed by atoms with Crippen molar-refractivity contribution in [2.75, 3.05) is 19.4 Å². The van der Waals surface area contributed by atoms with Crippen LogP contribution in [-0.2, 0) is 16.1 Å². The minimum absolute atomic E-state index is 0.221. The summed E-state index contributed by atoms with van der Waals surface area (Å²) in [5, 5.41) is 2.62. The summed E-state index contributed by atoms with van der Waals surface area (Å²) < 4.78 is 9.74. The van der Waals surface area contributed by atoms with E-state index in [-0.39, 0.29) is 6.61 Å². The first-order valence-corrected chi connectivity index (χ1v) is 7.69. The van der Waals surface area contributed by atoms with Crippen LogP contribution in [0.2, 0.25) is 0 Å². The number of benzene rings is 2. The summed E-state index contributed by atoms with van der Waals surface area (Å²) in [5.41, 5.74) is 8.40. The van der Waals surface area contributed by atoms with Gasteiger partial charge in [0.2, 0.25) is 0 Å². The van der Waals surface area contributed by atoms with Crippen molar-refractivity contribution < 1.29 is 19.1 Å². The second-order valence-corrected chi connectivity index (χ2v) is 5.18. The Labute approximate surface area is 146 Å². The minimum atomic E-state index is -0.498. The van der Waals surface area contributed by atoms with Crippen molar-refractivity contribution in [3.8, 4) is 0 Å². The molecule has 2 rings (SSSR count). The Balaban J connectivity index is 1.79. The quantitative estimate of drug-likeness (QED) is 0.623. The highest BCUT2D eigenvalue weighted by molar-refractivity contribution is 5.91. The highest BCUT2D eigenvalue weighted by Crippen LogP contribution is 2.16. The first kappa shape index (κ1) is 18.1. The predicted octanol–water partition coefficient (Wildman–Crippen LogP) is 3.00. The number of carbonyl (C=O) groups excluding carboxylic acids is 2. The van der Waals surface area contributed by atoms with E-state index in [1.165, 1.54) is 7.11 Å². The number of amides is 1. The number of nitrogens with one attached hydrogen (secondary N) is 1. The Hall–Kier alpha value is -3.28. The van der Waals surface area contributed by atoms with Crippen LogP contribution in [-0.4, -0.2) is 25.7 Å². The lowest BCUT2D eigenvalue weighted by Crippen LogP contribution is -2.24. The molecule has 0 aromatic heterocycles. The van der Waals surface area contributed by atoms with Crippen LogP contribution in [0.5, 0.6) is 0 Å². The number of nitrogens with two attached hydrogens (primary N) is 1. The van der Waals surface area contributed by atoms with Crippen molar-refractivity contribution >= 4 is 23.8 Å². The third kappa shape index (κ3) is 5.69. The van der Waals surface area contributed by atoms with Crippen LogP contribution in [0.15, 0.2) is 54.6 Å². The number of carbonyl (C=O) groups is 2. The second-order valence-electron chi connectivity index (χ2n) is 5.18. The number of ether oxygens (including phenoxy) is 2. The summed E-state index contributed by atoms with van der Waals surface area (Å²) in [5.74, 6) is -0.440.